The summed E-state index contributed by atoms with van der Waals surface area (Å²) < 4.78 is 5.58. The minimum absolute atomic E-state index is 0.0291. The fourth-order valence-corrected chi connectivity index (χ4v) is 2.92. The van der Waals surface area contributed by atoms with Crippen molar-refractivity contribution in [3.8, 4) is 22.6 Å². The number of alkyl halides is 1. The molecule has 0 atom stereocenters. The van der Waals surface area contributed by atoms with Gasteiger partial charge in [-0.1, -0.05) is 12.1 Å². The van der Waals surface area contributed by atoms with E-state index in [1.165, 1.54) is 24.3 Å². The lowest BCUT2D eigenvalue weighted by atomic mass is 9.97. The summed E-state index contributed by atoms with van der Waals surface area (Å²) in [7, 11) is 0. The fraction of sp³-hybridized carbons (Fsp3) is 0.105. The molecule has 0 aliphatic rings. The number of carbonyl (C=O) groups excluding carboxylic acids is 2. The third-order valence-electron chi connectivity index (χ3n) is 4.00. The molecular weight excluding hydrogens is 374 g/mol. The summed E-state index contributed by atoms with van der Waals surface area (Å²) in [6.45, 7) is -0.411. The summed E-state index contributed by atoms with van der Waals surface area (Å²) in [5.74, 6) is -2.27. The second-order valence-corrected chi connectivity index (χ2v) is 6.00. The molecule has 0 radical (unpaired) electrons. The molecule has 1 aromatic heterocycles. The van der Waals surface area contributed by atoms with Crippen molar-refractivity contribution < 1.29 is 24.2 Å². The van der Waals surface area contributed by atoms with Crippen molar-refractivity contribution in [2.75, 3.05) is 12.4 Å². The lowest BCUT2D eigenvalue weighted by molar-refractivity contribution is 0.0976. The third kappa shape index (κ3) is 3.30. The number of hydrogen-bond acceptors (Lipinski definition) is 7. The molecule has 0 saturated carbocycles. The number of nitrogens with two attached hydrogens (primary N) is 1. The molecule has 0 bridgehead atoms. The molecule has 0 spiro atoms. The van der Waals surface area contributed by atoms with Crippen molar-refractivity contribution in [2.45, 2.75) is 0 Å². The van der Waals surface area contributed by atoms with Gasteiger partial charge in [-0.05, 0) is 23.8 Å². The van der Waals surface area contributed by atoms with Crippen molar-refractivity contribution >= 4 is 34.1 Å². The molecule has 0 aliphatic heterocycles. The Morgan fingerprint density at radius 2 is 1.70 bits per heavy atom. The number of phenols is 2. The van der Waals surface area contributed by atoms with Crippen LogP contribution in [0.1, 0.15) is 20.9 Å². The first-order valence-corrected chi connectivity index (χ1v) is 8.36. The normalized spacial score (nSPS) is 10.9. The molecule has 4 N–H and O–H groups in total. The summed E-state index contributed by atoms with van der Waals surface area (Å²) in [6.07, 6.45) is 0. The van der Waals surface area contributed by atoms with Crippen LogP contribution < -0.4 is 11.2 Å². The molecule has 0 unspecified atom stereocenters. The van der Waals surface area contributed by atoms with Gasteiger partial charge in [-0.25, -0.2) is 0 Å². The average Bonchev–Trinajstić information content (AvgIpc) is 2.66. The number of ketones is 2. The number of benzene rings is 2. The molecule has 8 heteroatoms. The second kappa shape index (κ2) is 7.22. The standard InChI is InChI=1S/C19H14ClNO6/c20-7-13(24)12-5-11(23)6-15-17(12)18(26)16(19(27-15)14(25)8-21)9-1-3-10(22)4-2-9/h1-6,22-23H,7-8,21H2. The zero-order valence-electron chi connectivity index (χ0n) is 13.9. The Morgan fingerprint density at radius 3 is 2.30 bits per heavy atom. The van der Waals surface area contributed by atoms with Gasteiger partial charge in [0.15, 0.2) is 11.5 Å². The van der Waals surface area contributed by atoms with Crippen LogP contribution in [-0.4, -0.2) is 34.2 Å². The Labute approximate surface area is 157 Å². The number of rotatable bonds is 5. The SMILES string of the molecule is NCC(=O)c1oc2cc(O)cc(C(=O)CCl)c2c(=O)c1-c1ccc(O)cc1. The monoisotopic (exact) mass is 387 g/mol. The Kier molecular flexibility index (Phi) is 4.98. The van der Waals surface area contributed by atoms with Crippen molar-refractivity contribution in [1.29, 1.82) is 0 Å². The summed E-state index contributed by atoms with van der Waals surface area (Å²) in [6, 6.07) is 7.81. The zero-order valence-corrected chi connectivity index (χ0v) is 14.6. The van der Waals surface area contributed by atoms with Crippen molar-refractivity contribution in [1.82, 2.24) is 0 Å². The van der Waals surface area contributed by atoms with Crippen LogP contribution in [0, 0.1) is 0 Å². The summed E-state index contributed by atoms with van der Waals surface area (Å²) in [4.78, 5) is 37.6. The van der Waals surface area contributed by atoms with Crippen LogP contribution in [0.2, 0.25) is 0 Å². The lowest BCUT2D eigenvalue weighted by Crippen LogP contribution is -2.20. The van der Waals surface area contributed by atoms with Crippen LogP contribution in [0.4, 0.5) is 0 Å². The van der Waals surface area contributed by atoms with Gasteiger partial charge >= 0.3 is 0 Å². The van der Waals surface area contributed by atoms with E-state index >= 15 is 0 Å². The molecule has 1 heterocycles. The van der Waals surface area contributed by atoms with Crippen LogP contribution >= 0.6 is 11.6 Å². The number of carbonyl (C=O) groups is 2. The number of halogens is 1. The number of aromatic hydroxyl groups is 2. The van der Waals surface area contributed by atoms with E-state index in [1.54, 1.807) is 0 Å². The number of Topliss-reactive ketones (excluding diaryl/α,β-unsaturated/α-hetero) is 2. The van der Waals surface area contributed by atoms with Crippen molar-refractivity contribution in [3.63, 3.8) is 0 Å². The maximum Gasteiger partial charge on any atom is 0.212 e. The first-order valence-electron chi connectivity index (χ1n) is 7.83. The highest BCUT2D eigenvalue weighted by Gasteiger charge is 2.24. The van der Waals surface area contributed by atoms with E-state index in [4.69, 9.17) is 21.8 Å². The maximum absolute atomic E-state index is 13.2. The lowest BCUT2D eigenvalue weighted by Gasteiger charge is -2.11. The molecule has 0 saturated heterocycles. The van der Waals surface area contributed by atoms with Gasteiger partial charge in [0.05, 0.1) is 23.4 Å². The van der Waals surface area contributed by atoms with Crippen LogP contribution in [-0.2, 0) is 0 Å². The van der Waals surface area contributed by atoms with Gasteiger partial charge in [-0.15, -0.1) is 11.6 Å². The van der Waals surface area contributed by atoms with Gasteiger partial charge in [-0.2, -0.15) is 0 Å². The predicted molar refractivity (Wildman–Crippen MR) is 99.7 cm³/mol. The molecular formula is C19H14ClNO6. The highest BCUT2D eigenvalue weighted by molar-refractivity contribution is 6.32. The fourth-order valence-electron chi connectivity index (χ4n) is 2.78. The Balaban J connectivity index is 2.48. The minimum Gasteiger partial charge on any atom is -0.508 e. The molecule has 0 aliphatic carbocycles. The van der Waals surface area contributed by atoms with Gasteiger partial charge < -0.3 is 20.4 Å². The average molecular weight is 388 g/mol. The quantitative estimate of drug-likeness (QED) is 0.452. The summed E-state index contributed by atoms with van der Waals surface area (Å²) >= 11 is 5.61. The van der Waals surface area contributed by atoms with E-state index in [0.717, 1.165) is 12.1 Å². The molecule has 3 rings (SSSR count). The van der Waals surface area contributed by atoms with Gasteiger partial charge in [-0.3, -0.25) is 14.4 Å². The highest BCUT2D eigenvalue weighted by Crippen LogP contribution is 2.30. The minimum atomic E-state index is -0.646. The van der Waals surface area contributed by atoms with Gasteiger partial charge in [0.2, 0.25) is 11.2 Å². The highest BCUT2D eigenvalue weighted by atomic mass is 35.5. The Morgan fingerprint density at radius 1 is 1.04 bits per heavy atom. The number of phenolic OH excluding ortho intramolecular Hbond substituents is 2. The smallest absolute Gasteiger partial charge is 0.212 e. The third-order valence-corrected chi connectivity index (χ3v) is 4.24. The second-order valence-electron chi connectivity index (χ2n) is 5.73. The van der Waals surface area contributed by atoms with Crippen LogP contribution in [0.5, 0.6) is 11.5 Å². The summed E-state index contributed by atoms with van der Waals surface area (Å²) in [5.41, 5.74) is 4.75. The first kappa shape index (κ1) is 18.6. The zero-order chi connectivity index (χ0) is 19.7. The van der Waals surface area contributed by atoms with Crippen LogP contribution in [0.15, 0.2) is 45.6 Å². The van der Waals surface area contributed by atoms with Gasteiger partial charge in [0, 0.05) is 11.6 Å². The molecule has 3 aromatic rings. The molecule has 27 heavy (non-hydrogen) atoms. The number of hydrogen-bond donors (Lipinski definition) is 3. The largest absolute Gasteiger partial charge is 0.508 e. The van der Waals surface area contributed by atoms with Crippen LogP contribution in [0.25, 0.3) is 22.1 Å². The predicted octanol–water partition coefficient (Wildman–Crippen LogP) is 2.43. The van der Waals surface area contributed by atoms with E-state index in [0.29, 0.717) is 5.56 Å². The van der Waals surface area contributed by atoms with E-state index < -0.39 is 29.4 Å². The van der Waals surface area contributed by atoms with E-state index in [1.807, 2.05) is 0 Å². The molecule has 138 valence electrons. The van der Waals surface area contributed by atoms with E-state index in [-0.39, 0.29) is 39.4 Å². The van der Waals surface area contributed by atoms with Crippen LogP contribution in [0.3, 0.4) is 0 Å². The molecule has 2 aromatic carbocycles. The van der Waals surface area contributed by atoms with E-state index in [9.17, 15) is 24.6 Å². The molecule has 0 amide bonds. The van der Waals surface area contributed by atoms with Gasteiger partial charge in [0.25, 0.3) is 0 Å². The van der Waals surface area contributed by atoms with E-state index in [2.05, 4.69) is 0 Å². The Hall–Kier alpha value is -3.16. The maximum atomic E-state index is 13.2. The van der Waals surface area contributed by atoms with Crippen molar-refractivity contribution in [2.24, 2.45) is 5.73 Å². The number of fused-ring (bicyclic) bond motifs is 1. The van der Waals surface area contributed by atoms with Gasteiger partial charge in [0.1, 0.15) is 17.1 Å². The Bertz CT molecular complexity index is 1120. The molecule has 7 nitrogen and oxygen atoms in total. The topological polar surface area (TPSA) is 131 Å². The first-order chi connectivity index (χ1) is 12.9. The van der Waals surface area contributed by atoms with Crippen molar-refractivity contribution in [3.05, 3.63) is 57.9 Å². The molecule has 0 fully saturated rings. The summed E-state index contributed by atoms with van der Waals surface area (Å²) in [5, 5.41) is 19.2.